The monoisotopic (exact) mass is 924 g/mol. The fourth-order valence-electron chi connectivity index (χ4n) is 10.4. The van der Waals surface area contributed by atoms with Crippen molar-refractivity contribution in [3.63, 3.8) is 0 Å². The molecule has 0 aromatic heterocycles. The van der Waals surface area contributed by atoms with Gasteiger partial charge in [-0.15, -0.1) is 0 Å². The first-order valence-corrected chi connectivity index (χ1v) is 25.6. The number of aliphatic hydroxyl groups excluding tert-OH is 2. The van der Waals surface area contributed by atoms with Crippen molar-refractivity contribution in [1.29, 1.82) is 0 Å². The number of carbonyl (C=O) groups excluding carboxylic acids is 3. The third-order valence-electron chi connectivity index (χ3n) is 13.3. The van der Waals surface area contributed by atoms with Gasteiger partial charge in [0.1, 0.15) is 5.75 Å². The summed E-state index contributed by atoms with van der Waals surface area (Å²) in [5.41, 5.74) is 4.96. The van der Waals surface area contributed by atoms with Crippen LogP contribution in [0.25, 0.3) is 0 Å². The standard InChI is InChI=1S/C48H57BrN4O8Si/c1-5-60-38-17-19-41-34(23-38)24-40(50-20-8-9-21-54)46(57)53(41)36-15-12-31(13-16-36)27-52-42-18-14-35(49)25-39(42)48(47(52)58)30(2)45(62(3,4)59)43(61-48)26-44(56)51-28-33-11-7-6-10-32(33)22-37(51)29-55/h6-7,10-19,23,25,30,37,40,43,45,50,54-55,59H,5,8-9,20-22,24,26-29H2,1-4H3/t30-,37+,40?,43+,45-,48+/m1/s1. The topological polar surface area (TPSA) is 152 Å². The summed E-state index contributed by atoms with van der Waals surface area (Å²) in [4.78, 5) is 60.7. The van der Waals surface area contributed by atoms with E-state index in [0.717, 1.165) is 44.6 Å². The molecule has 1 unspecified atom stereocenters. The largest absolute Gasteiger partial charge is 0.494 e. The number of fused-ring (bicyclic) bond motifs is 4. The molecule has 4 aromatic rings. The van der Waals surface area contributed by atoms with Gasteiger partial charge in [0.2, 0.25) is 11.8 Å². The lowest BCUT2D eigenvalue weighted by Crippen LogP contribution is -2.49. The molecule has 8 rings (SSSR count). The van der Waals surface area contributed by atoms with E-state index in [1.54, 1.807) is 14.7 Å². The van der Waals surface area contributed by atoms with E-state index in [0.29, 0.717) is 55.9 Å². The first kappa shape index (κ1) is 44.2. The van der Waals surface area contributed by atoms with Crippen molar-refractivity contribution in [1.82, 2.24) is 10.2 Å². The van der Waals surface area contributed by atoms with Crippen molar-refractivity contribution in [3.8, 4) is 5.75 Å². The molecule has 6 atom stereocenters. The number of nitrogens with one attached hydrogen (secondary N) is 1. The number of hydrogen-bond donors (Lipinski definition) is 4. The maximum atomic E-state index is 15.2. The molecule has 4 heterocycles. The zero-order valence-corrected chi connectivity index (χ0v) is 38.4. The summed E-state index contributed by atoms with van der Waals surface area (Å²) in [5, 5.41) is 23.1. The number of unbranched alkanes of at least 4 members (excludes halogenated alkanes) is 1. The van der Waals surface area contributed by atoms with E-state index in [4.69, 9.17) is 9.47 Å². The maximum absolute atomic E-state index is 15.2. The van der Waals surface area contributed by atoms with E-state index in [-0.39, 0.29) is 49.9 Å². The third kappa shape index (κ3) is 8.15. The van der Waals surface area contributed by atoms with Gasteiger partial charge in [-0.2, -0.15) is 0 Å². The van der Waals surface area contributed by atoms with E-state index < -0.39 is 37.5 Å². The van der Waals surface area contributed by atoms with Crippen LogP contribution >= 0.6 is 15.9 Å². The number of carbonyl (C=O) groups is 3. The molecular weight excluding hydrogens is 869 g/mol. The molecule has 3 amide bonds. The van der Waals surface area contributed by atoms with Crippen molar-refractivity contribution in [2.24, 2.45) is 5.92 Å². The number of aliphatic hydroxyl groups is 2. The van der Waals surface area contributed by atoms with Crippen LogP contribution < -0.4 is 19.9 Å². The van der Waals surface area contributed by atoms with Crippen LogP contribution in [0.4, 0.5) is 17.1 Å². The molecule has 4 aliphatic heterocycles. The predicted octanol–water partition coefficient (Wildman–Crippen LogP) is 6.48. The first-order chi connectivity index (χ1) is 29.8. The van der Waals surface area contributed by atoms with Gasteiger partial charge in [0, 0.05) is 40.3 Å². The summed E-state index contributed by atoms with van der Waals surface area (Å²) < 4.78 is 13.6. The van der Waals surface area contributed by atoms with Crippen molar-refractivity contribution in [2.75, 3.05) is 36.2 Å². The molecule has 0 saturated carbocycles. The normalized spacial score (nSPS) is 24.4. The van der Waals surface area contributed by atoms with Crippen molar-refractivity contribution < 1.29 is 38.9 Å². The summed E-state index contributed by atoms with van der Waals surface area (Å²) in [6.45, 7) is 9.26. The van der Waals surface area contributed by atoms with Gasteiger partial charge < -0.3 is 39.6 Å². The van der Waals surface area contributed by atoms with Gasteiger partial charge in [-0.25, -0.2) is 0 Å². The highest BCUT2D eigenvalue weighted by Crippen LogP contribution is 2.60. The number of nitrogens with zero attached hydrogens (tertiary/aromatic N) is 3. The molecule has 14 heteroatoms. The Morgan fingerprint density at radius 2 is 1.69 bits per heavy atom. The van der Waals surface area contributed by atoms with Crippen LogP contribution in [0.3, 0.4) is 0 Å². The zero-order chi connectivity index (χ0) is 43.9. The molecular formula is C48H57BrN4O8Si. The van der Waals surface area contributed by atoms with Gasteiger partial charge in [-0.1, -0.05) is 59.3 Å². The quantitative estimate of drug-likeness (QED) is 0.0824. The molecule has 4 aromatic carbocycles. The minimum Gasteiger partial charge on any atom is -0.494 e. The number of halogens is 1. The molecule has 0 radical (unpaired) electrons. The van der Waals surface area contributed by atoms with E-state index in [9.17, 15) is 24.6 Å². The number of ether oxygens (including phenoxy) is 2. The van der Waals surface area contributed by atoms with Crippen LogP contribution in [0, 0.1) is 5.92 Å². The molecule has 1 spiro atoms. The molecule has 0 bridgehead atoms. The second-order valence-electron chi connectivity index (χ2n) is 17.7. The molecule has 0 aliphatic carbocycles. The Kier molecular flexibility index (Phi) is 12.8. The highest BCUT2D eigenvalue weighted by Gasteiger charge is 2.66. The summed E-state index contributed by atoms with van der Waals surface area (Å²) in [5.74, 6) is -0.221. The van der Waals surface area contributed by atoms with Gasteiger partial charge >= 0.3 is 0 Å². The lowest BCUT2D eigenvalue weighted by atomic mass is 9.82. The van der Waals surface area contributed by atoms with Gasteiger partial charge in [-0.05, 0) is 123 Å². The highest BCUT2D eigenvalue weighted by molar-refractivity contribution is 9.10. The summed E-state index contributed by atoms with van der Waals surface area (Å²) in [7, 11) is -3.06. The predicted molar refractivity (Wildman–Crippen MR) is 244 cm³/mol. The molecule has 62 heavy (non-hydrogen) atoms. The third-order valence-corrected chi connectivity index (χ3v) is 16.3. The number of benzene rings is 4. The molecule has 1 saturated heterocycles. The minimum absolute atomic E-state index is 0.0329. The first-order valence-electron chi connectivity index (χ1n) is 21.8. The highest BCUT2D eigenvalue weighted by atomic mass is 79.9. The molecule has 12 nitrogen and oxygen atoms in total. The van der Waals surface area contributed by atoms with Gasteiger partial charge in [-0.3, -0.25) is 19.3 Å². The van der Waals surface area contributed by atoms with Crippen molar-refractivity contribution in [3.05, 3.63) is 117 Å². The Morgan fingerprint density at radius 1 is 0.952 bits per heavy atom. The number of anilines is 3. The smallest absolute Gasteiger partial charge is 0.264 e. The molecule has 4 aliphatic rings. The van der Waals surface area contributed by atoms with E-state index in [1.165, 1.54) is 0 Å². The van der Waals surface area contributed by atoms with Gasteiger partial charge in [0.05, 0.1) is 55.7 Å². The average Bonchev–Trinajstić information content (AvgIpc) is 3.67. The van der Waals surface area contributed by atoms with E-state index in [2.05, 4.69) is 21.2 Å². The van der Waals surface area contributed by atoms with Crippen LogP contribution in [0.15, 0.2) is 89.4 Å². The second kappa shape index (κ2) is 18.0. The fraction of sp³-hybridized carbons (Fsp3) is 0.438. The summed E-state index contributed by atoms with van der Waals surface area (Å²) in [6, 6.07) is 26.4. The lowest BCUT2D eigenvalue weighted by molar-refractivity contribution is -0.151. The minimum atomic E-state index is -3.06. The number of amides is 3. The lowest BCUT2D eigenvalue weighted by Gasteiger charge is -2.37. The number of hydrogen-bond acceptors (Lipinski definition) is 9. The van der Waals surface area contributed by atoms with Crippen molar-refractivity contribution >= 4 is 59.0 Å². The van der Waals surface area contributed by atoms with Crippen LogP contribution in [0.5, 0.6) is 5.75 Å². The fourth-order valence-corrected chi connectivity index (χ4v) is 13.3. The second-order valence-corrected chi connectivity index (χ2v) is 22.5. The van der Waals surface area contributed by atoms with Crippen LogP contribution in [0.2, 0.25) is 18.6 Å². The molecule has 4 N–H and O–H groups in total. The molecule has 328 valence electrons. The van der Waals surface area contributed by atoms with E-state index >= 15 is 4.79 Å². The average molecular weight is 926 g/mol. The SMILES string of the molecule is CCOc1ccc2c(c1)CC(NCCCCO)C(=O)N2c1ccc(CN2C(=O)[C@@]3(O[C@@H](CC(=O)N4Cc5ccccc5C[C@H]4CO)[C@H]([Si](C)(C)O)[C@H]3C)c3cc(Br)ccc32)cc1. The van der Waals surface area contributed by atoms with E-state index in [1.807, 2.05) is 112 Å². The van der Waals surface area contributed by atoms with Gasteiger partial charge in [0.15, 0.2) is 13.9 Å². The van der Waals surface area contributed by atoms with Crippen molar-refractivity contribution in [2.45, 2.75) is 101 Å². The maximum Gasteiger partial charge on any atom is 0.264 e. The Bertz CT molecular complexity index is 2320. The Morgan fingerprint density at radius 3 is 2.40 bits per heavy atom. The molecule has 1 fully saturated rings. The van der Waals surface area contributed by atoms with Crippen LogP contribution in [-0.4, -0.2) is 90.5 Å². The summed E-state index contributed by atoms with van der Waals surface area (Å²) >= 11 is 3.65. The Hall–Kier alpha value is -4.41. The zero-order valence-electron chi connectivity index (χ0n) is 35.9. The van der Waals surface area contributed by atoms with Crippen LogP contribution in [-0.2, 0) is 50.7 Å². The van der Waals surface area contributed by atoms with Gasteiger partial charge in [0.25, 0.3) is 5.91 Å². The summed E-state index contributed by atoms with van der Waals surface area (Å²) in [6.07, 6.45) is 1.69. The Balaban J connectivity index is 1.07. The van der Waals surface area contributed by atoms with Crippen LogP contribution in [0.1, 0.15) is 60.9 Å². The Labute approximate surface area is 373 Å². The number of rotatable bonds is 14.